The van der Waals surface area contributed by atoms with E-state index in [0.717, 1.165) is 10.1 Å². The molecule has 0 unspecified atom stereocenters. The minimum Gasteiger partial charge on any atom is -0.345 e. The third-order valence-corrected chi connectivity index (χ3v) is 4.31. The lowest BCUT2D eigenvalue weighted by Gasteiger charge is -2.01. The van der Waals surface area contributed by atoms with Crippen LogP contribution >= 0.6 is 50.3 Å². The standard InChI is InChI=1S/C8H6BrIN2S/c1-13-7-4(9)2-11-8-6(7)5(10)3-12-8/h2-3H,1H3,(H,11,12). The topological polar surface area (TPSA) is 28.7 Å². The summed E-state index contributed by atoms with van der Waals surface area (Å²) >= 11 is 7.54. The highest BCUT2D eigenvalue weighted by Gasteiger charge is 2.10. The summed E-state index contributed by atoms with van der Waals surface area (Å²) < 4.78 is 2.27. The van der Waals surface area contributed by atoms with Gasteiger partial charge in [-0.15, -0.1) is 11.8 Å². The van der Waals surface area contributed by atoms with Crippen molar-refractivity contribution in [1.82, 2.24) is 9.97 Å². The van der Waals surface area contributed by atoms with Crippen LogP contribution in [0, 0.1) is 3.57 Å². The Balaban J connectivity index is 2.88. The van der Waals surface area contributed by atoms with E-state index in [9.17, 15) is 0 Å². The van der Waals surface area contributed by atoms with Gasteiger partial charge in [0.2, 0.25) is 0 Å². The summed E-state index contributed by atoms with van der Waals surface area (Å²) in [5.41, 5.74) is 0.956. The summed E-state index contributed by atoms with van der Waals surface area (Å²) in [7, 11) is 0. The van der Waals surface area contributed by atoms with E-state index in [1.165, 1.54) is 13.9 Å². The van der Waals surface area contributed by atoms with Crippen LogP contribution in [-0.4, -0.2) is 16.2 Å². The van der Waals surface area contributed by atoms with E-state index in [-0.39, 0.29) is 0 Å². The third kappa shape index (κ3) is 1.61. The van der Waals surface area contributed by atoms with E-state index in [0.29, 0.717) is 0 Å². The molecular weight excluding hydrogens is 363 g/mol. The van der Waals surface area contributed by atoms with E-state index < -0.39 is 0 Å². The molecule has 0 aliphatic rings. The van der Waals surface area contributed by atoms with Crippen molar-refractivity contribution in [2.24, 2.45) is 0 Å². The molecule has 2 heterocycles. The van der Waals surface area contributed by atoms with Crippen LogP contribution in [0.1, 0.15) is 0 Å². The number of hydrogen-bond acceptors (Lipinski definition) is 2. The van der Waals surface area contributed by atoms with Crippen molar-refractivity contribution in [3.05, 3.63) is 20.4 Å². The van der Waals surface area contributed by atoms with Crippen LogP contribution < -0.4 is 0 Å². The Hall–Kier alpha value is 0.250. The molecule has 0 saturated heterocycles. The molecule has 0 aromatic carbocycles. The first-order valence-electron chi connectivity index (χ1n) is 3.59. The lowest BCUT2D eigenvalue weighted by Crippen LogP contribution is -1.81. The second-order valence-electron chi connectivity index (χ2n) is 2.50. The van der Waals surface area contributed by atoms with Crippen LogP contribution in [0.5, 0.6) is 0 Å². The maximum atomic E-state index is 4.29. The summed E-state index contributed by atoms with van der Waals surface area (Å²) in [4.78, 5) is 8.67. The average Bonchev–Trinajstić information content (AvgIpc) is 2.49. The number of nitrogens with zero attached hydrogens (tertiary/aromatic N) is 1. The largest absolute Gasteiger partial charge is 0.345 e. The summed E-state index contributed by atoms with van der Waals surface area (Å²) in [6, 6.07) is 0. The van der Waals surface area contributed by atoms with Gasteiger partial charge in [-0.05, 0) is 44.8 Å². The van der Waals surface area contributed by atoms with Gasteiger partial charge in [-0.3, -0.25) is 0 Å². The van der Waals surface area contributed by atoms with Gasteiger partial charge in [0.15, 0.2) is 0 Å². The second-order valence-corrected chi connectivity index (χ2v) is 5.33. The Labute approximate surface area is 102 Å². The number of aromatic amines is 1. The SMILES string of the molecule is CSc1c(Br)cnc2[nH]cc(I)c12. The summed E-state index contributed by atoms with van der Waals surface area (Å²) in [6.45, 7) is 0. The van der Waals surface area contributed by atoms with Crippen molar-refractivity contribution < 1.29 is 0 Å². The number of nitrogens with one attached hydrogen (secondary N) is 1. The molecule has 2 nitrogen and oxygen atoms in total. The van der Waals surface area contributed by atoms with Crippen molar-refractivity contribution in [1.29, 1.82) is 0 Å². The Kier molecular flexibility index (Phi) is 2.85. The number of thioether (sulfide) groups is 1. The van der Waals surface area contributed by atoms with Gasteiger partial charge in [0.25, 0.3) is 0 Å². The number of halogens is 2. The first-order valence-corrected chi connectivity index (χ1v) is 6.68. The zero-order valence-electron chi connectivity index (χ0n) is 6.77. The van der Waals surface area contributed by atoms with E-state index in [4.69, 9.17) is 0 Å². The minimum atomic E-state index is 0.956. The number of fused-ring (bicyclic) bond motifs is 1. The molecule has 0 fully saturated rings. The van der Waals surface area contributed by atoms with Crippen molar-refractivity contribution in [3.63, 3.8) is 0 Å². The molecule has 5 heteroatoms. The Bertz CT molecular complexity index is 455. The third-order valence-electron chi connectivity index (χ3n) is 1.77. The molecule has 13 heavy (non-hydrogen) atoms. The average molecular weight is 369 g/mol. The second kappa shape index (κ2) is 3.78. The number of rotatable bonds is 1. The quantitative estimate of drug-likeness (QED) is 0.614. The van der Waals surface area contributed by atoms with Gasteiger partial charge in [-0.25, -0.2) is 4.98 Å². The molecule has 0 aliphatic carbocycles. The van der Waals surface area contributed by atoms with Crippen LogP contribution in [0.15, 0.2) is 21.8 Å². The van der Waals surface area contributed by atoms with Crippen molar-refractivity contribution in [2.45, 2.75) is 4.90 Å². The summed E-state index contributed by atoms with van der Waals surface area (Å²) in [5.74, 6) is 0. The van der Waals surface area contributed by atoms with Crippen molar-refractivity contribution in [2.75, 3.05) is 6.26 Å². The highest BCUT2D eigenvalue weighted by Crippen LogP contribution is 2.34. The van der Waals surface area contributed by atoms with Gasteiger partial charge < -0.3 is 4.98 Å². The van der Waals surface area contributed by atoms with Gasteiger partial charge in [0.05, 0.1) is 4.47 Å². The maximum Gasteiger partial charge on any atom is 0.139 e. The molecule has 1 N–H and O–H groups in total. The van der Waals surface area contributed by atoms with Crippen LogP contribution in [-0.2, 0) is 0 Å². The molecule has 2 rings (SSSR count). The zero-order chi connectivity index (χ0) is 9.42. The summed E-state index contributed by atoms with van der Waals surface area (Å²) in [6.07, 6.45) is 5.88. The molecular formula is C8H6BrIN2S. The predicted molar refractivity (Wildman–Crippen MR) is 68.3 cm³/mol. The molecule has 0 bridgehead atoms. The molecule has 0 radical (unpaired) electrons. The fourth-order valence-corrected chi connectivity index (χ4v) is 3.51. The molecule has 0 spiro atoms. The van der Waals surface area contributed by atoms with E-state index in [1.54, 1.807) is 11.8 Å². The molecule has 2 aromatic heterocycles. The monoisotopic (exact) mass is 368 g/mol. The highest BCUT2D eigenvalue weighted by molar-refractivity contribution is 14.1. The molecule has 0 amide bonds. The van der Waals surface area contributed by atoms with E-state index >= 15 is 0 Å². The lowest BCUT2D eigenvalue weighted by atomic mass is 10.3. The normalized spacial score (nSPS) is 11.0. The number of aromatic nitrogens is 2. The number of hydrogen-bond donors (Lipinski definition) is 1. The summed E-state index contributed by atoms with van der Waals surface area (Å²) in [5, 5.41) is 1.21. The fourth-order valence-electron chi connectivity index (χ4n) is 1.21. The fraction of sp³-hybridized carbons (Fsp3) is 0.125. The van der Waals surface area contributed by atoms with Gasteiger partial charge in [-0.1, -0.05) is 0 Å². The van der Waals surface area contributed by atoms with Crippen molar-refractivity contribution in [3.8, 4) is 0 Å². The first-order chi connectivity index (χ1) is 6.24. The lowest BCUT2D eigenvalue weighted by molar-refractivity contribution is 1.28. The Morgan fingerprint density at radius 3 is 3.08 bits per heavy atom. The van der Waals surface area contributed by atoms with E-state index in [2.05, 4.69) is 54.7 Å². The molecule has 0 atom stereocenters. The molecule has 68 valence electrons. The van der Waals surface area contributed by atoms with Crippen LogP contribution in [0.2, 0.25) is 0 Å². The highest BCUT2D eigenvalue weighted by atomic mass is 127. The Morgan fingerprint density at radius 2 is 2.38 bits per heavy atom. The van der Waals surface area contributed by atoms with Gasteiger partial charge in [0, 0.05) is 26.2 Å². The van der Waals surface area contributed by atoms with E-state index in [1.807, 2.05) is 12.4 Å². The maximum absolute atomic E-state index is 4.29. The van der Waals surface area contributed by atoms with Crippen LogP contribution in [0.4, 0.5) is 0 Å². The van der Waals surface area contributed by atoms with Gasteiger partial charge in [0.1, 0.15) is 5.65 Å². The van der Waals surface area contributed by atoms with Crippen LogP contribution in [0.3, 0.4) is 0 Å². The van der Waals surface area contributed by atoms with Gasteiger partial charge >= 0.3 is 0 Å². The molecule has 2 aromatic rings. The zero-order valence-corrected chi connectivity index (χ0v) is 11.3. The predicted octanol–water partition coefficient (Wildman–Crippen LogP) is 3.65. The van der Waals surface area contributed by atoms with Crippen LogP contribution in [0.25, 0.3) is 11.0 Å². The van der Waals surface area contributed by atoms with Gasteiger partial charge in [-0.2, -0.15) is 0 Å². The smallest absolute Gasteiger partial charge is 0.139 e. The number of pyridine rings is 1. The van der Waals surface area contributed by atoms with Crippen molar-refractivity contribution >= 4 is 61.3 Å². The minimum absolute atomic E-state index is 0.956. The molecule has 0 aliphatic heterocycles. The number of H-pyrrole nitrogens is 1. The Morgan fingerprint density at radius 1 is 1.62 bits per heavy atom. The first kappa shape index (κ1) is 9.79. The molecule has 0 saturated carbocycles.